The van der Waals surface area contributed by atoms with E-state index in [2.05, 4.69) is 4.74 Å². The average molecular weight is 357 g/mol. The molecule has 1 saturated heterocycles. The number of hydrogen-bond acceptors (Lipinski definition) is 7. The Morgan fingerprint density at radius 2 is 2.33 bits per heavy atom. The van der Waals surface area contributed by atoms with Gasteiger partial charge in [0.25, 0.3) is 0 Å². The molecule has 10 heteroatoms. The Bertz CT molecular complexity index is 589. The summed E-state index contributed by atoms with van der Waals surface area (Å²) in [6, 6.07) is 1.42. The second-order valence-electron chi connectivity index (χ2n) is 4.20. The van der Waals surface area contributed by atoms with Crippen LogP contribution in [0.25, 0.3) is 0 Å². The molecule has 0 amide bonds. The van der Waals surface area contributed by atoms with Crippen LogP contribution in [0, 0.1) is 0 Å². The van der Waals surface area contributed by atoms with Crippen LogP contribution in [0.15, 0.2) is 16.3 Å². The third-order valence-corrected chi connectivity index (χ3v) is 5.91. The first-order chi connectivity index (χ1) is 9.50. The zero-order valence-corrected chi connectivity index (χ0v) is 13.8. The number of thiophene rings is 1. The predicted molar refractivity (Wildman–Crippen MR) is 80.5 cm³/mol. The van der Waals surface area contributed by atoms with Crippen molar-refractivity contribution in [3.63, 3.8) is 0 Å². The molecule has 7 nitrogen and oxygen atoms in total. The minimum Gasteiger partial charge on any atom is -0.465 e. The second-order valence-corrected chi connectivity index (χ2v) is 7.02. The molecule has 0 aromatic carbocycles. The Hall–Kier alpha value is -0.710. The molecule has 1 aliphatic rings. The SMILES string of the molecule is COC(=O)c1sccc1S(=O)(=O)N1CCOC(CN)C1.Cl. The monoisotopic (exact) mass is 356 g/mol. The number of sulfonamides is 1. The molecule has 0 bridgehead atoms. The molecule has 2 rings (SSSR count). The summed E-state index contributed by atoms with van der Waals surface area (Å²) in [5, 5.41) is 1.56. The van der Waals surface area contributed by atoms with E-state index < -0.39 is 16.0 Å². The normalized spacial score (nSPS) is 19.8. The molecule has 2 heterocycles. The molecule has 0 radical (unpaired) electrons. The number of hydrogen-bond donors (Lipinski definition) is 1. The van der Waals surface area contributed by atoms with Crippen LogP contribution in [0.1, 0.15) is 9.67 Å². The van der Waals surface area contributed by atoms with Gasteiger partial charge in [-0.15, -0.1) is 23.7 Å². The Morgan fingerprint density at radius 1 is 1.62 bits per heavy atom. The third-order valence-electron chi connectivity index (χ3n) is 2.98. The highest BCUT2D eigenvalue weighted by Gasteiger charge is 2.34. The summed E-state index contributed by atoms with van der Waals surface area (Å²) in [5.74, 6) is -0.651. The summed E-state index contributed by atoms with van der Waals surface area (Å²) in [7, 11) is -2.52. The molecule has 2 N–H and O–H groups in total. The van der Waals surface area contributed by atoms with Crippen LogP contribution >= 0.6 is 23.7 Å². The lowest BCUT2D eigenvalue weighted by Crippen LogP contribution is -2.48. The maximum absolute atomic E-state index is 12.6. The number of methoxy groups -OCH3 is 1. The summed E-state index contributed by atoms with van der Waals surface area (Å²) >= 11 is 1.04. The van der Waals surface area contributed by atoms with E-state index in [-0.39, 0.29) is 47.9 Å². The maximum atomic E-state index is 12.6. The molecule has 0 saturated carbocycles. The summed E-state index contributed by atoms with van der Waals surface area (Å²) in [6.07, 6.45) is -0.321. The fourth-order valence-corrected chi connectivity index (χ4v) is 4.70. The van der Waals surface area contributed by atoms with E-state index in [1.807, 2.05) is 0 Å². The van der Waals surface area contributed by atoms with Crippen molar-refractivity contribution in [3.8, 4) is 0 Å². The van der Waals surface area contributed by atoms with Gasteiger partial charge in [-0.3, -0.25) is 0 Å². The van der Waals surface area contributed by atoms with Gasteiger partial charge >= 0.3 is 5.97 Å². The Kier molecular flexibility index (Phi) is 6.57. The number of carbonyl (C=O) groups excluding carboxylic acids is 1. The van der Waals surface area contributed by atoms with E-state index in [1.165, 1.54) is 17.5 Å². The molecule has 21 heavy (non-hydrogen) atoms. The van der Waals surface area contributed by atoms with Crippen LogP contribution in [0.4, 0.5) is 0 Å². The van der Waals surface area contributed by atoms with Crippen molar-refractivity contribution >= 4 is 39.7 Å². The minimum absolute atomic E-state index is 0. The van der Waals surface area contributed by atoms with E-state index in [1.54, 1.807) is 5.38 Å². The van der Waals surface area contributed by atoms with Gasteiger partial charge in [-0.25, -0.2) is 13.2 Å². The Labute approximate surface area is 133 Å². The largest absolute Gasteiger partial charge is 0.465 e. The van der Waals surface area contributed by atoms with Gasteiger partial charge in [-0.05, 0) is 11.4 Å². The summed E-state index contributed by atoms with van der Waals surface area (Å²) in [6.45, 7) is 0.975. The number of esters is 1. The quantitative estimate of drug-likeness (QED) is 0.779. The first-order valence-corrected chi connectivity index (χ1v) is 8.30. The topological polar surface area (TPSA) is 98.9 Å². The van der Waals surface area contributed by atoms with Crippen molar-refractivity contribution in [3.05, 3.63) is 16.3 Å². The molecule has 1 aromatic rings. The zero-order valence-electron chi connectivity index (χ0n) is 11.4. The highest BCUT2D eigenvalue weighted by atomic mass is 35.5. The van der Waals surface area contributed by atoms with Gasteiger partial charge in [0, 0.05) is 19.6 Å². The lowest BCUT2D eigenvalue weighted by Gasteiger charge is -2.31. The Morgan fingerprint density at radius 3 is 2.95 bits per heavy atom. The van der Waals surface area contributed by atoms with E-state index in [9.17, 15) is 13.2 Å². The van der Waals surface area contributed by atoms with Crippen LogP contribution in [0.3, 0.4) is 0 Å². The number of halogens is 1. The van der Waals surface area contributed by atoms with E-state index >= 15 is 0 Å². The molecule has 1 atom stereocenters. The molecule has 0 spiro atoms. The fourth-order valence-electron chi connectivity index (χ4n) is 1.93. The van der Waals surface area contributed by atoms with Gasteiger partial charge in [0.2, 0.25) is 10.0 Å². The van der Waals surface area contributed by atoms with Crippen molar-refractivity contribution < 1.29 is 22.7 Å². The molecule has 1 unspecified atom stereocenters. The van der Waals surface area contributed by atoms with Gasteiger partial charge in [-0.1, -0.05) is 0 Å². The lowest BCUT2D eigenvalue weighted by atomic mass is 10.3. The molecular weight excluding hydrogens is 340 g/mol. The molecule has 0 aliphatic carbocycles. The first-order valence-electron chi connectivity index (χ1n) is 5.98. The number of ether oxygens (including phenoxy) is 2. The number of morpholine rings is 1. The Balaban J connectivity index is 0.00000220. The minimum atomic E-state index is -3.74. The van der Waals surface area contributed by atoms with Crippen LogP contribution in [-0.4, -0.2) is 58.1 Å². The summed E-state index contributed by atoms with van der Waals surface area (Å²) in [4.78, 5) is 11.7. The fraction of sp³-hybridized carbons (Fsp3) is 0.545. The van der Waals surface area contributed by atoms with Gasteiger partial charge in [0.15, 0.2) is 0 Å². The third kappa shape index (κ3) is 3.74. The van der Waals surface area contributed by atoms with Gasteiger partial charge in [0.05, 0.1) is 19.8 Å². The molecule has 1 aliphatic heterocycles. The van der Waals surface area contributed by atoms with Crippen LogP contribution in [0.5, 0.6) is 0 Å². The summed E-state index contributed by atoms with van der Waals surface area (Å²) < 4.78 is 36.4. The van der Waals surface area contributed by atoms with Crippen molar-refractivity contribution in [2.75, 3.05) is 33.4 Å². The van der Waals surface area contributed by atoms with Crippen molar-refractivity contribution in [2.24, 2.45) is 5.73 Å². The van der Waals surface area contributed by atoms with Gasteiger partial charge in [0.1, 0.15) is 9.77 Å². The number of nitrogens with two attached hydrogens (primary N) is 1. The molecule has 120 valence electrons. The number of nitrogens with zero attached hydrogens (tertiary/aromatic N) is 1. The average Bonchev–Trinajstić information content (AvgIpc) is 2.96. The summed E-state index contributed by atoms with van der Waals surface area (Å²) in [5.41, 5.74) is 5.51. The van der Waals surface area contributed by atoms with Crippen molar-refractivity contribution in [1.82, 2.24) is 4.31 Å². The molecule has 1 aromatic heterocycles. The number of rotatable bonds is 4. The number of carbonyl (C=O) groups is 1. The predicted octanol–water partition coefficient (Wildman–Crippen LogP) is 0.305. The van der Waals surface area contributed by atoms with E-state index in [0.717, 1.165) is 11.3 Å². The first kappa shape index (κ1) is 18.3. The molecule has 1 fully saturated rings. The van der Waals surface area contributed by atoms with Gasteiger partial charge < -0.3 is 15.2 Å². The van der Waals surface area contributed by atoms with E-state index in [0.29, 0.717) is 6.61 Å². The molecular formula is C11H17ClN2O5S2. The highest BCUT2D eigenvalue weighted by molar-refractivity contribution is 7.89. The highest BCUT2D eigenvalue weighted by Crippen LogP contribution is 2.27. The smallest absolute Gasteiger partial charge is 0.349 e. The lowest BCUT2D eigenvalue weighted by molar-refractivity contribution is 0.00449. The van der Waals surface area contributed by atoms with Crippen LogP contribution in [-0.2, 0) is 19.5 Å². The second kappa shape index (κ2) is 7.52. The van der Waals surface area contributed by atoms with Crippen molar-refractivity contribution in [1.29, 1.82) is 0 Å². The zero-order chi connectivity index (χ0) is 14.8. The van der Waals surface area contributed by atoms with Crippen molar-refractivity contribution in [2.45, 2.75) is 11.0 Å². The van der Waals surface area contributed by atoms with E-state index in [4.69, 9.17) is 10.5 Å². The van der Waals surface area contributed by atoms with Crippen LogP contribution in [0.2, 0.25) is 0 Å². The van der Waals surface area contributed by atoms with Crippen LogP contribution < -0.4 is 5.73 Å². The maximum Gasteiger partial charge on any atom is 0.349 e. The van der Waals surface area contributed by atoms with Gasteiger partial charge in [-0.2, -0.15) is 4.31 Å². The standard InChI is InChI=1S/C11H16N2O5S2.ClH/c1-17-11(14)10-9(2-5-19-10)20(15,16)13-3-4-18-8(6-12)7-13;/h2,5,8H,3-4,6-7,12H2,1H3;1H.